The highest BCUT2D eigenvalue weighted by Gasteiger charge is 2.02. The summed E-state index contributed by atoms with van der Waals surface area (Å²) in [5.41, 5.74) is 2.37. The molecule has 1 aromatic carbocycles. The SMILES string of the molecule is N#Cc1ccc(-c2ncc(-n3ccnc3)cn2)cc1. The van der Waals surface area contributed by atoms with Crippen LogP contribution in [0, 0.1) is 11.3 Å². The van der Waals surface area contributed by atoms with E-state index in [1.165, 1.54) is 0 Å². The number of benzene rings is 1. The fourth-order valence-corrected chi connectivity index (χ4v) is 1.71. The molecule has 0 saturated carbocycles. The molecule has 5 nitrogen and oxygen atoms in total. The first kappa shape index (κ1) is 11.1. The van der Waals surface area contributed by atoms with Crippen molar-refractivity contribution < 1.29 is 0 Å². The molecule has 2 heterocycles. The third kappa shape index (κ3) is 2.19. The van der Waals surface area contributed by atoms with Crippen LogP contribution in [-0.4, -0.2) is 19.5 Å². The smallest absolute Gasteiger partial charge is 0.159 e. The highest BCUT2D eigenvalue weighted by Crippen LogP contribution is 2.15. The lowest BCUT2D eigenvalue weighted by Crippen LogP contribution is -1.95. The average molecular weight is 247 g/mol. The standard InChI is InChI=1S/C14H9N5/c15-7-11-1-3-12(4-2-11)14-17-8-13(9-18-14)19-6-5-16-10-19/h1-6,8-10H. The molecule has 0 radical (unpaired) electrons. The Morgan fingerprint density at radius 1 is 1.05 bits per heavy atom. The van der Waals surface area contributed by atoms with Gasteiger partial charge in [-0.3, -0.25) is 0 Å². The second-order valence-electron chi connectivity index (χ2n) is 3.92. The molecule has 0 fully saturated rings. The summed E-state index contributed by atoms with van der Waals surface area (Å²) in [5.74, 6) is 0.633. The molecule has 0 spiro atoms. The highest BCUT2D eigenvalue weighted by molar-refractivity contribution is 5.56. The van der Waals surface area contributed by atoms with Crippen molar-refractivity contribution in [3.05, 3.63) is 60.9 Å². The maximum Gasteiger partial charge on any atom is 0.159 e. The van der Waals surface area contributed by atoms with E-state index in [0.29, 0.717) is 11.4 Å². The van der Waals surface area contributed by atoms with E-state index in [2.05, 4.69) is 21.0 Å². The zero-order valence-electron chi connectivity index (χ0n) is 9.93. The van der Waals surface area contributed by atoms with Gasteiger partial charge >= 0.3 is 0 Å². The Hall–Kier alpha value is -3.00. The van der Waals surface area contributed by atoms with Crippen molar-refractivity contribution in [2.24, 2.45) is 0 Å². The lowest BCUT2D eigenvalue weighted by Gasteiger charge is -2.03. The van der Waals surface area contributed by atoms with Crippen molar-refractivity contribution in [3.63, 3.8) is 0 Å². The minimum absolute atomic E-state index is 0.624. The first-order chi connectivity index (χ1) is 9.36. The number of aromatic nitrogens is 4. The largest absolute Gasteiger partial charge is 0.303 e. The van der Waals surface area contributed by atoms with Crippen LogP contribution in [0.1, 0.15) is 5.56 Å². The predicted molar refractivity (Wildman–Crippen MR) is 69.3 cm³/mol. The molecule has 0 aliphatic rings. The number of imidazole rings is 1. The first-order valence-electron chi connectivity index (χ1n) is 5.68. The van der Waals surface area contributed by atoms with Gasteiger partial charge in [-0.15, -0.1) is 0 Å². The van der Waals surface area contributed by atoms with Crippen molar-refractivity contribution in [1.29, 1.82) is 5.26 Å². The molecule has 3 aromatic rings. The van der Waals surface area contributed by atoms with E-state index in [4.69, 9.17) is 5.26 Å². The van der Waals surface area contributed by atoms with Crippen molar-refractivity contribution in [2.45, 2.75) is 0 Å². The van der Waals surface area contributed by atoms with E-state index in [1.807, 2.05) is 22.9 Å². The summed E-state index contributed by atoms with van der Waals surface area (Å²) in [7, 11) is 0. The van der Waals surface area contributed by atoms with Crippen LogP contribution in [-0.2, 0) is 0 Å². The lowest BCUT2D eigenvalue weighted by molar-refractivity contribution is 1.01. The second kappa shape index (κ2) is 4.70. The molecule has 90 valence electrons. The average Bonchev–Trinajstić information content (AvgIpc) is 3.02. The Kier molecular flexibility index (Phi) is 2.75. The molecule has 2 aromatic heterocycles. The van der Waals surface area contributed by atoms with E-state index in [9.17, 15) is 0 Å². The summed E-state index contributed by atoms with van der Waals surface area (Å²) in [6, 6.07) is 9.26. The van der Waals surface area contributed by atoms with Crippen molar-refractivity contribution in [1.82, 2.24) is 19.5 Å². The molecule has 19 heavy (non-hydrogen) atoms. The summed E-state index contributed by atoms with van der Waals surface area (Å²) in [4.78, 5) is 12.6. The van der Waals surface area contributed by atoms with Crippen LogP contribution in [0.4, 0.5) is 0 Å². The predicted octanol–water partition coefficient (Wildman–Crippen LogP) is 2.20. The van der Waals surface area contributed by atoms with Gasteiger partial charge in [-0.1, -0.05) is 0 Å². The molecule has 0 atom stereocenters. The summed E-state index contributed by atoms with van der Waals surface area (Å²) in [6.07, 6.45) is 8.71. The van der Waals surface area contributed by atoms with Gasteiger partial charge in [0, 0.05) is 18.0 Å². The third-order valence-electron chi connectivity index (χ3n) is 2.71. The van der Waals surface area contributed by atoms with Gasteiger partial charge in [-0.05, 0) is 24.3 Å². The Bertz CT molecular complexity index is 706. The molecule has 0 bridgehead atoms. The summed E-state index contributed by atoms with van der Waals surface area (Å²) in [6.45, 7) is 0. The van der Waals surface area contributed by atoms with Crippen LogP contribution >= 0.6 is 0 Å². The fourth-order valence-electron chi connectivity index (χ4n) is 1.71. The molecular weight excluding hydrogens is 238 g/mol. The Morgan fingerprint density at radius 2 is 1.79 bits per heavy atom. The molecular formula is C14H9N5. The van der Waals surface area contributed by atoms with Gasteiger partial charge in [0.1, 0.15) is 0 Å². The van der Waals surface area contributed by atoms with Crippen LogP contribution in [0.15, 0.2) is 55.4 Å². The molecule has 0 saturated heterocycles. The van der Waals surface area contributed by atoms with Crippen LogP contribution in [0.25, 0.3) is 17.1 Å². The van der Waals surface area contributed by atoms with Crippen LogP contribution < -0.4 is 0 Å². The van der Waals surface area contributed by atoms with E-state index >= 15 is 0 Å². The molecule has 3 rings (SSSR count). The maximum atomic E-state index is 8.75. The maximum absolute atomic E-state index is 8.75. The number of nitrogens with zero attached hydrogens (tertiary/aromatic N) is 5. The molecule has 0 aliphatic heterocycles. The lowest BCUT2D eigenvalue weighted by atomic mass is 10.1. The Balaban J connectivity index is 1.92. The van der Waals surface area contributed by atoms with E-state index < -0.39 is 0 Å². The second-order valence-corrected chi connectivity index (χ2v) is 3.92. The minimum atomic E-state index is 0.624. The Morgan fingerprint density at radius 3 is 2.37 bits per heavy atom. The number of hydrogen-bond donors (Lipinski definition) is 0. The first-order valence-corrected chi connectivity index (χ1v) is 5.68. The number of nitriles is 1. The van der Waals surface area contributed by atoms with E-state index in [0.717, 1.165) is 11.3 Å². The molecule has 0 amide bonds. The van der Waals surface area contributed by atoms with E-state index in [1.54, 1.807) is 37.1 Å². The van der Waals surface area contributed by atoms with Gasteiger partial charge in [0.2, 0.25) is 0 Å². The van der Waals surface area contributed by atoms with Crippen LogP contribution in [0.5, 0.6) is 0 Å². The summed E-state index contributed by atoms with van der Waals surface area (Å²) >= 11 is 0. The van der Waals surface area contributed by atoms with Gasteiger partial charge < -0.3 is 4.57 Å². The molecule has 5 heteroatoms. The fraction of sp³-hybridized carbons (Fsp3) is 0. The van der Waals surface area contributed by atoms with Gasteiger partial charge in [0.15, 0.2) is 5.82 Å². The quantitative estimate of drug-likeness (QED) is 0.696. The minimum Gasteiger partial charge on any atom is -0.303 e. The van der Waals surface area contributed by atoms with Crippen LogP contribution in [0.3, 0.4) is 0 Å². The van der Waals surface area contributed by atoms with Crippen molar-refractivity contribution in [3.8, 4) is 23.1 Å². The zero-order valence-corrected chi connectivity index (χ0v) is 9.93. The monoisotopic (exact) mass is 247 g/mol. The Labute approximate surface area is 109 Å². The summed E-state index contributed by atoms with van der Waals surface area (Å²) in [5, 5.41) is 8.75. The van der Waals surface area contributed by atoms with E-state index in [-0.39, 0.29) is 0 Å². The highest BCUT2D eigenvalue weighted by atomic mass is 15.0. The number of hydrogen-bond acceptors (Lipinski definition) is 4. The third-order valence-corrected chi connectivity index (χ3v) is 2.71. The topological polar surface area (TPSA) is 67.4 Å². The van der Waals surface area contributed by atoms with Gasteiger partial charge in [-0.25, -0.2) is 15.0 Å². The van der Waals surface area contributed by atoms with Gasteiger partial charge in [-0.2, -0.15) is 5.26 Å². The number of rotatable bonds is 2. The normalized spacial score (nSPS) is 10.1. The molecule has 0 N–H and O–H groups in total. The van der Waals surface area contributed by atoms with Crippen molar-refractivity contribution >= 4 is 0 Å². The van der Waals surface area contributed by atoms with Gasteiger partial charge in [0.05, 0.1) is 36.0 Å². The molecule has 0 aliphatic carbocycles. The molecule has 0 unspecified atom stereocenters. The van der Waals surface area contributed by atoms with Crippen LogP contribution in [0.2, 0.25) is 0 Å². The summed E-state index contributed by atoms with van der Waals surface area (Å²) < 4.78 is 1.84. The van der Waals surface area contributed by atoms with Crippen molar-refractivity contribution in [2.75, 3.05) is 0 Å². The van der Waals surface area contributed by atoms with Gasteiger partial charge in [0.25, 0.3) is 0 Å². The zero-order chi connectivity index (χ0) is 13.1.